The summed E-state index contributed by atoms with van der Waals surface area (Å²) in [5.74, 6) is 0.109. The zero-order chi connectivity index (χ0) is 13.4. The first-order valence-corrected chi connectivity index (χ1v) is 5.52. The number of nitrogens with zero attached hydrogens (tertiary/aromatic N) is 2. The zero-order valence-electron chi connectivity index (χ0n) is 9.90. The number of aromatic nitrogens is 3. The molecular weight excluding hydrogens is 251 g/mol. The van der Waals surface area contributed by atoms with E-state index >= 15 is 0 Å². The molecule has 0 spiro atoms. The second kappa shape index (κ2) is 4.20. The van der Waals surface area contributed by atoms with Crippen molar-refractivity contribution >= 4 is 22.8 Å². The number of rotatable bonds is 2. The normalized spacial score (nSPS) is 10.8. The van der Waals surface area contributed by atoms with Crippen LogP contribution in [0.4, 0.5) is 10.2 Å². The van der Waals surface area contributed by atoms with Crippen molar-refractivity contribution in [3.63, 3.8) is 0 Å². The molecule has 0 radical (unpaired) electrons. The standard InChI is InChI=1S/C12H9FN4O2/c1-6-4-10(17-19-6)16-12(18)11-14-8-3-2-7(13)5-9(8)15-11/h2-5H,1H3,(H,14,15)(H,16,17,18). The molecule has 7 heteroatoms. The number of benzene rings is 1. The van der Waals surface area contributed by atoms with Gasteiger partial charge in [0.25, 0.3) is 5.91 Å². The van der Waals surface area contributed by atoms with E-state index in [9.17, 15) is 9.18 Å². The maximum atomic E-state index is 13.0. The number of carbonyl (C=O) groups excluding carboxylic acids is 1. The summed E-state index contributed by atoms with van der Waals surface area (Å²) in [7, 11) is 0. The Labute approximate surface area is 106 Å². The Kier molecular flexibility index (Phi) is 2.52. The molecule has 3 aromatic rings. The Morgan fingerprint density at radius 1 is 1.42 bits per heavy atom. The average molecular weight is 260 g/mol. The number of hydrogen-bond acceptors (Lipinski definition) is 4. The third kappa shape index (κ3) is 2.17. The molecule has 2 aromatic heterocycles. The summed E-state index contributed by atoms with van der Waals surface area (Å²) in [5.41, 5.74) is 0.976. The van der Waals surface area contributed by atoms with Crippen LogP contribution in [0.15, 0.2) is 28.8 Å². The molecule has 0 aliphatic rings. The van der Waals surface area contributed by atoms with Gasteiger partial charge in [0.2, 0.25) is 0 Å². The first kappa shape index (κ1) is 11.4. The molecular formula is C12H9FN4O2. The number of imidazole rings is 1. The maximum absolute atomic E-state index is 13.0. The van der Waals surface area contributed by atoms with Crippen LogP contribution in [-0.4, -0.2) is 21.0 Å². The van der Waals surface area contributed by atoms with Crippen LogP contribution in [0.25, 0.3) is 11.0 Å². The van der Waals surface area contributed by atoms with Crippen LogP contribution in [0.5, 0.6) is 0 Å². The number of hydrogen-bond donors (Lipinski definition) is 2. The number of aryl methyl sites for hydroxylation is 1. The van der Waals surface area contributed by atoms with Crippen molar-refractivity contribution in [1.29, 1.82) is 0 Å². The molecule has 0 unspecified atom stereocenters. The van der Waals surface area contributed by atoms with E-state index in [0.717, 1.165) is 0 Å². The molecule has 3 rings (SSSR count). The monoisotopic (exact) mass is 260 g/mol. The van der Waals surface area contributed by atoms with Crippen LogP contribution in [0.1, 0.15) is 16.4 Å². The Morgan fingerprint density at radius 3 is 3.00 bits per heavy atom. The lowest BCUT2D eigenvalue weighted by molar-refractivity contribution is 0.101. The highest BCUT2D eigenvalue weighted by Crippen LogP contribution is 2.14. The Morgan fingerprint density at radius 2 is 2.26 bits per heavy atom. The summed E-state index contributed by atoms with van der Waals surface area (Å²) in [6.45, 7) is 1.71. The highest BCUT2D eigenvalue weighted by atomic mass is 19.1. The summed E-state index contributed by atoms with van der Waals surface area (Å²) in [4.78, 5) is 18.7. The predicted molar refractivity (Wildman–Crippen MR) is 65.2 cm³/mol. The second-order valence-corrected chi connectivity index (χ2v) is 4.02. The summed E-state index contributed by atoms with van der Waals surface area (Å²) < 4.78 is 17.9. The van der Waals surface area contributed by atoms with Gasteiger partial charge in [-0.2, -0.15) is 0 Å². The van der Waals surface area contributed by atoms with Crippen LogP contribution < -0.4 is 5.32 Å². The number of anilines is 1. The molecule has 0 bridgehead atoms. The summed E-state index contributed by atoms with van der Waals surface area (Å²) >= 11 is 0. The van der Waals surface area contributed by atoms with Crippen LogP contribution in [0.3, 0.4) is 0 Å². The fraction of sp³-hybridized carbons (Fsp3) is 0.0833. The smallest absolute Gasteiger partial charge is 0.292 e. The number of halogens is 1. The number of H-pyrrole nitrogens is 1. The van der Waals surface area contributed by atoms with Crippen molar-refractivity contribution in [2.24, 2.45) is 0 Å². The van der Waals surface area contributed by atoms with E-state index in [1.807, 2.05) is 0 Å². The van der Waals surface area contributed by atoms with Crippen LogP contribution in [0, 0.1) is 12.7 Å². The number of aromatic amines is 1. The van der Waals surface area contributed by atoms with E-state index in [1.54, 1.807) is 13.0 Å². The third-order valence-electron chi connectivity index (χ3n) is 2.53. The van der Waals surface area contributed by atoms with E-state index in [4.69, 9.17) is 4.52 Å². The Balaban J connectivity index is 1.89. The lowest BCUT2D eigenvalue weighted by Gasteiger charge is -1.95. The molecule has 6 nitrogen and oxygen atoms in total. The number of carbonyl (C=O) groups is 1. The van der Waals surface area contributed by atoms with Gasteiger partial charge in [0.05, 0.1) is 11.0 Å². The lowest BCUT2D eigenvalue weighted by Crippen LogP contribution is -2.13. The average Bonchev–Trinajstić information content (AvgIpc) is 2.95. The zero-order valence-corrected chi connectivity index (χ0v) is 9.90. The minimum Gasteiger partial charge on any atom is -0.360 e. The van der Waals surface area contributed by atoms with E-state index < -0.39 is 11.7 Å². The van der Waals surface area contributed by atoms with Gasteiger partial charge in [-0.1, -0.05) is 5.16 Å². The van der Waals surface area contributed by atoms with Crippen molar-refractivity contribution in [3.05, 3.63) is 41.7 Å². The third-order valence-corrected chi connectivity index (χ3v) is 2.53. The number of fused-ring (bicyclic) bond motifs is 1. The second-order valence-electron chi connectivity index (χ2n) is 4.02. The predicted octanol–water partition coefficient (Wildman–Crippen LogP) is 2.25. The molecule has 2 heterocycles. The summed E-state index contributed by atoms with van der Waals surface area (Å²) in [6, 6.07) is 5.64. The van der Waals surface area contributed by atoms with Gasteiger partial charge in [-0.05, 0) is 25.1 Å². The quantitative estimate of drug-likeness (QED) is 0.740. The van der Waals surface area contributed by atoms with Crippen molar-refractivity contribution in [2.45, 2.75) is 6.92 Å². The molecule has 2 N–H and O–H groups in total. The topological polar surface area (TPSA) is 83.8 Å². The molecule has 0 fully saturated rings. The largest absolute Gasteiger partial charge is 0.360 e. The molecule has 0 saturated carbocycles. The maximum Gasteiger partial charge on any atom is 0.292 e. The highest BCUT2D eigenvalue weighted by molar-refractivity contribution is 6.02. The van der Waals surface area contributed by atoms with Gasteiger partial charge in [0.1, 0.15) is 11.6 Å². The van der Waals surface area contributed by atoms with Crippen molar-refractivity contribution in [1.82, 2.24) is 15.1 Å². The van der Waals surface area contributed by atoms with Gasteiger partial charge in [0, 0.05) is 6.07 Å². The van der Waals surface area contributed by atoms with Crippen LogP contribution in [0.2, 0.25) is 0 Å². The molecule has 0 aliphatic carbocycles. The molecule has 1 amide bonds. The Hall–Kier alpha value is -2.70. The molecule has 19 heavy (non-hydrogen) atoms. The van der Waals surface area contributed by atoms with E-state index in [2.05, 4.69) is 20.4 Å². The van der Waals surface area contributed by atoms with E-state index in [1.165, 1.54) is 18.2 Å². The first-order chi connectivity index (χ1) is 9.11. The van der Waals surface area contributed by atoms with Gasteiger partial charge in [-0.3, -0.25) is 4.79 Å². The SMILES string of the molecule is Cc1cc(NC(=O)c2nc3ccc(F)cc3[nH]2)no1. The molecule has 1 aromatic carbocycles. The van der Waals surface area contributed by atoms with Crippen LogP contribution in [-0.2, 0) is 0 Å². The van der Waals surface area contributed by atoms with Gasteiger partial charge < -0.3 is 14.8 Å². The van der Waals surface area contributed by atoms with Gasteiger partial charge in [0.15, 0.2) is 11.6 Å². The molecule has 0 saturated heterocycles. The summed E-state index contributed by atoms with van der Waals surface area (Å²) in [6.07, 6.45) is 0. The minimum atomic E-state index is -0.468. The van der Waals surface area contributed by atoms with E-state index in [0.29, 0.717) is 22.6 Å². The van der Waals surface area contributed by atoms with Gasteiger partial charge in [-0.25, -0.2) is 9.37 Å². The van der Waals surface area contributed by atoms with Gasteiger partial charge in [-0.15, -0.1) is 0 Å². The summed E-state index contributed by atoms with van der Waals surface area (Å²) in [5, 5.41) is 6.16. The van der Waals surface area contributed by atoms with Crippen molar-refractivity contribution in [2.75, 3.05) is 5.32 Å². The molecule has 96 valence electrons. The minimum absolute atomic E-state index is 0.0845. The lowest BCUT2D eigenvalue weighted by atomic mass is 10.3. The van der Waals surface area contributed by atoms with Gasteiger partial charge >= 0.3 is 0 Å². The number of nitrogens with one attached hydrogen (secondary N) is 2. The first-order valence-electron chi connectivity index (χ1n) is 5.52. The van der Waals surface area contributed by atoms with Crippen LogP contribution >= 0.6 is 0 Å². The highest BCUT2D eigenvalue weighted by Gasteiger charge is 2.13. The van der Waals surface area contributed by atoms with Crippen molar-refractivity contribution < 1.29 is 13.7 Å². The molecule has 0 aliphatic heterocycles. The van der Waals surface area contributed by atoms with E-state index in [-0.39, 0.29) is 5.82 Å². The number of amides is 1. The van der Waals surface area contributed by atoms with Crippen molar-refractivity contribution in [3.8, 4) is 0 Å². The fourth-order valence-electron chi connectivity index (χ4n) is 1.69. The fourth-order valence-corrected chi connectivity index (χ4v) is 1.69. The Bertz CT molecular complexity index is 762. The molecule has 0 atom stereocenters.